The summed E-state index contributed by atoms with van der Waals surface area (Å²) in [5.74, 6) is -0.224. The number of methoxy groups -OCH3 is 1. The Morgan fingerprint density at radius 1 is 1.29 bits per heavy atom. The maximum absolute atomic E-state index is 12.2. The van der Waals surface area contributed by atoms with Crippen LogP contribution in [0.5, 0.6) is 5.75 Å². The molecule has 1 amide bonds. The van der Waals surface area contributed by atoms with E-state index in [2.05, 4.69) is 21.2 Å². The Hall–Kier alpha value is -1.85. The molecule has 0 aliphatic rings. The third kappa shape index (κ3) is 4.06. The number of hydrogen-bond acceptors (Lipinski definition) is 3. The van der Waals surface area contributed by atoms with Crippen molar-refractivity contribution in [3.05, 3.63) is 58.1 Å². The molecule has 0 fully saturated rings. The van der Waals surface area contributed by atoms with E-state index >= 15 is 0 Å². The number of phenols is 1. The zero-order valence-corrected chi connectivity index (χ0v) is 13.2. The number of carbonyl (C=O) groups is 1. The first kappa shape index (κ1) is 15.5. The second-order valence-corrected chi connectivity index (χ2v) is 5.37. The molecule has 2 aromatic carbocycles. The molecule has 4 nitrogen and oxygen atoms in total. The average molecular weight is 350 g/mol. The Morgan fingerprint density at radius 3 is 2.76 bits per heavy atom. The second-order valence-electron chi connectivity index (χ2n) is 4.52. The normalized spacial score (nSPS) is 10.4. The van der Waals surface area contributed by atoms with Crippen LogP contribution < -0.4 is 5.32 Å². The van der Waals surface area contributed by atoms with E-state index in [0.717, 1.165) is 17.7 Å². The minimum absolute atomic E-state index is 0.0373. The standard InChI is InChI=1S/C16H16BrNO3/c1-21-9-8-11-4-2-3-5-14(11)18-16(20)12-6-7-13(17)15(19)10-12/h2-7,10,19H,8-9H2,1H3,(H,18,20). The van der Waals surface area contributed by atoms with Crippen LogP contribution in [0.15, 0.2) is 46.9 Å². The molecular formula is C16H16BrNO3. The molecule has 0 saturated carbocycles. The van der Waals surface area contributed by atoms with Gasteiger partial charge in [0.15, 0.2) is 0 Å². The van der Waals surface area contributed by atoms with E-state index in [9.17, 15) is 9.90 Å². The van der Waals surface area contributed by atoms with Gasteiger partial charge in [-0.1, -0.05) is 18.2 Å². The molecule has 0 bridgehead atoms. The largest absolute Gasteiger partial charge is 0.507 e. The summed E-state index contributed by atoms with van der Waals surface area (Å²) in [5, 5.41) is 12.5. The van der Waals surface area contributed by atoms with Gasteiger partial charge in [0.2, 0.25) is 0 Å². The Bertz CT molecular complexity index is 643. The van der Waals surface area contributed by atoms with Gasteiger partial charge in [-0.2, -0.15) is 0 Å². The molecule has 0 heterocycles. The third-order valence-corrected chi connectivity index (χ3v) is 3.72. The highest BCUT2D eigenvalue weighted by Crippen LogP contribution is 2.25. The molecule has 0 radical (unpaired) electrons. The van der Waals surface area contributed by atoms with Gasteiger partial charge in [0.05, 0.1) is 11.1 Å². The summed E-state index contributed by atoms with van der Waals surface area (Å²) in [4.78, 5) is 12.2. The zero-order valence-electron chi connectivity index (χ0n) is 11.6. The lowest BCUT2D eigenvalue weighted by atomic mass is 10.1. The highest BCUT2D eigenvalue weighted by Gasteiger charge is 2.10. The first-order chi connectivity index (χ1) is 10.1. The zero-order chi connectivity index (χ0) is 15.2. The highest BCUT2D eigenvalue weighted by atomic mass is 79.9. The molecule has 2 N–H and O–H groups in total. The van der Waals surface area contributed by atoms with Crippen molar-refractivity contribution < 1.29 is 14.6 Å². The van der Waals surface area contributed by atoms with Crippen molar-refractivity contribution in [3.8, 4) is 5.75 Å². The number of halogens is 1. The van der Waals surface area contributed by atoms with Gasteiger partial charge in [0, 0.05) is 18.4 Å². The molecule has 5 heteroatoms. The van der Waals surface area contributed by atoms with Gasteiger partial charge in [-0.15, -0.1) is 0 Å². The van der Waals surface area contributed by atoms with Crippen LogP contribution in [0.3, 0.4) is 0 Å². The summed E-state index contributed by atoms with van der Waals surface area (Å²) in [7, 11) is 1.64. The first-order valence-corrected chi connectivity index (χ1v) is 7.28. The summed E-state index contributed by atoms with van der Waals surface area (Å²) >= 11 is 3.19. The third-order valence-electron chi connectivity index (χ3n) is 3.05. The van der Waals surface area contributed by atoms with E-state index in [4.69, 9.17) is 4.74 Å². The molecule has 0 unspecified atom stereocenters. The number of aromatic hydroxyl groups is 1. The number of nitrogens with one attached hydrogen (secondary N) is 1. The van der Waals surface area contributed by atoms with Crippen molar-refractivity contribution in [2.75, 3.05) is 19.0 Å². The van der Waals surface area contributed by atoms with Crippen LogP contribution in [0, 0.1) is 0 Å². The molecule has 0 aliphatic carbocycles. The van der Waals surface area contributed by atoms with Crippen molar-refractivity contribution in [3.63, 3.8) is 0 Å². The molecular weight excluding hydrogens is 334 g/mol. The molecule has 110 valence electrons. The van der Waals surface area contributed by atoms with Crippen molar-refractivity contribution in [2.24, 2.45) is 0 Å². The fourth-order valence-electron chi connectivity index (χ4n) is 1.92. The lowest BCUT2D eigenvalue weighted by Crippen LogP contribution is -2.13. The Balaban J connectivity index is 2.17. The van der Waals surface area contributed by atoms with Gasteiger partial charge >= 0.3 is 0 Å². The lowest BCUT2D eigenvalue weighted by Gasteiger charge is -2.11. The van der Waals surface area contributed by atoms with Gasteiger partial charge in [-0.25, -0.2) is 0 Å². The summed E-state index contributed by atoms with van der Waals surface area (Å²) < 4.78 is 5.62. The van der Waals surface area contributed by atoms with Crippen LogP contribution >= 0.6 is 15.9 Å². The number of rotatable bonds is 5. The molecule has 0 saturated heterocycles. The Morgan fingerprint density at radius 2 is 2.05 bits per heavy atom. The summed E-state index contributed by atoms with van der Waals surface area (Å²) in [6.45, 7) is 0.589. The fraction of sp³-hybridized carbons (Fsp3) is 0.188. The number of anilines is 1. The van der Waals surface area contributed by atoms with Crippen molar-refractivity contribution in [1.82, 2.24) is 0 Å². The van der Waals surface area contributed by atoms with Crippen LogP contribution in [-0.2, 0) is 11.2 Å². The van der Waals surface area contributed by atoms with Crippen molar-refractivity contribution in [2.45, 2.75) is 6.42 Å². The Labute approximate surface area is 131 Å². The van der Waals surface area contributed by atoms with Gasteiger partial charge < -0.3 is 15.2 Å². The SMILES string of the molecule is COCCc1ccccc1NC(=O)c1ccc(Br)c(O)c1. The van der Waals surface area contributed by atoms with E-state index in [1.165, 1.54) is 6.07 Å². The highest BCUT2D eigenvalue weighted by molar-refractivity contribution is 9.10. The number of phenolic OH excluding ortho intramolecular Hbond substituents is 1. The quantitative estimate of drug-likeness (QED) is 0.866. The van der Waals surface area contributed by atoms with E-state index in [1.54, 1.807) is 19.2 Å². The number of hydrogen-bond donors (Lipinski definition) is 2. The van der Waals surface area contributed by atoms with Gasteiger partial charge in [-0.05, 0) is 52.2 Å². The number of para-hydroxylation sites is 1. The van der Waals surface area contributed by atoms with Crippen LogP contribution in [0.25, 0.3) is 0 Å². The topological polar surface area (TPSA) is 58.6 Å². The minimum Gasteiger partial charge on any atom is -0.507 e. The van der Waals surface area contributed by atoms with Gasteiger partial charge in [0.25, 0.3) is 5.91 Å². The van der Waals surface area contributed by atoms with Gasteiger partial charge in [-0.3, -0.25) is 4.79 Å². The molecule has 0 spiro atoms. The van der Waals surface area contributed by atoms with Crippen LogP contribution in [-0.4, -0.2) is 24.7 Å². The van der Waals surface area contributed by atoms with Crippen molar-refractivity contribution >= 4 is 27.5 Å². The van der Waals surface area contributed by atoms with Crippen molar-refractivity contribution in [1.29, 1.82) is 0 Å². The van der Waals surface area contributed by atoms with E-state index in [1.807, 2.05) is 24.3 Å². The predicted octanol–water partition coefficient (Wildman–Crippen LogP) is 3.60. The van der Waals surface area contributed by atoms with E-state index in [-0.39, 0.29) is 11.7 Å². The lowest BCUT2D eigenvalue weighted by molar-refractivity contribution is 0.102. The first-order valence-electron chi connectivity index (χ1n) is 6.48. The predicted molar refractivity (Wildman–Crippen MR) is 85.8 cm³/mol. The molecule has 2 rings (SSSR count). The average Bonchev–Trinajstić information content (AvgIpc) is 2.49. The van der Waals surface area contributed by atoms with Gasteiger partial charge in [0.1, 0.15) is 5.75 Å². The Kier molecular flexibility index (Phi) is 5.36. The minimum atomic E-state index is -0.261. The smallest absolute Gasteiger partial charge is 0.255 e. The molecule has 0 aromatic heterocycles. The van der Waals surface area contributed by atoms with E-state index in [0.29, 0.717) is 16.6 Å². The summed E-state index contributed by atoms with van der Waals surface area (Å²) in [5.41, 5.74) is 2.16. The maximum Gasteiger partial charge on any atom is 0.255 e. The van der Waals surface area contributed by atoms with Crippen LogP contribution in [0.4, 0.5) is 5.69 Å². The molecule has 0 aliphatic heterocycles. The number of benzene rings is 2. The molecule has 21 heavy (non-hydrogen) atoms. The van der Waals surface area contributed by atoms with Crippen LogP contribution in [0.1, 0.15) is 15.9 Å². The monoisotopic (exact) mass is 349 g/mol. The summed E-state index contributed by atoms with van der Waals surface area (Å²) in [6.07, 6.45) is 0.721. The number of amides is 1. The summed E-state index contributed by atoms with van der Waals surface area (Å²) in [6, 6.07) is 12.3. The fourth-order valence-corrected chi connectivity index (χ4v) is 2.17. The molecule has 2 aromatic rings. The van der Waals surface area contributed by atoms with E-state index < -0.39 is 0 Å². The molecule has 0 atom stereocenters. The second kappa shape index (κ2) is 7.24. The number of ether oxygens (including phenoxy) is 1. The number of carbonyl (C=O) groups excluding carboxylic acids is 1. The van der Waals surface area contributed by atoms with Crippen LogP contribution in [0.2, 0.25) is 0 Å². The maximum atomic E-state index is 12.2.